The van der Waals surface area contributed by atoms with Crippen molar-refractivity contribution >= 4 is 23.6 Å². The van der Waals surface area contributed by atoms with Gasteiger partial charge in [-0.15, -0.1) is 0 Å². The molecule has 3 heterocycles. The van der Waals surface area contributed by atoms with E-state index < -0.39 is 18.1 Å². The summed E-state index contributed by atoms with van der Waals surface area (Å²) in [5.41, 5.74) is 10.8. The van der Waals surface area contributed by atoms with Gasteiger partial charge in [-0.25, -0.2) is 4.98 Å². The standard InChI is InChI=1S/C40H45N7O4/c41-34(28-9-3-1-4-10-28)39(50)46-23-7-13-32(46)36-43-25-31(44-36)27-17-15-26(16-18-27)21-22-42-38(49)33-14-8-24-47(33)40(51)35(29-11-5-2-6-12-29)45-37(48)30-19-20-30/h1-6,9-12,15-18,25,30,32-35H,7-8,13-14,19-24,41H2,(H,42,49)(H,43,44)(H,45,48)/t32-,33-,34+,35+/m0/s1. The molecule has 4 amide bonds. The fraction of sp³-hybridized carbons (Fsp3) is 0.375. The summed E-state index contributed by atoms with van der Waals surface area (Å²) in [4.78, 5) is 64.7. The Kier molecular flexibility index (Phi) is 10.3. The molecule has 7 rings (SSSR count). The van der Waals surface area contributed by atoms with E-state index >= 15 is 0 Å². The molecule has 5 N–H and O–H groups in total. The summed E-state index contributed by atoms with van der Waals surface area (Å²) in [6.07, 6.45) is 7.15. The van der Waals surface area contributed by atoms with E-state index in [1.807, 2.05) is 89.8 Å². The number of hydrogen-bond acceptors (Lipinski definition) is 6. The maximum atomic E-state index is 13.8. The van der Waals surface area contributed by atoms with Crippen LogP contribution in [0.3, 0.4) is 0 Å². The maximum absolute atomic E-state index is 13.8. The number of likely N-dealkylation sites (tertiary alicyclic amines) is 2. The maximum Gasteiger partial charge on any atom is 0.250 e. The molecule has 0 unspecified atom stereocenters. The largest absolute Gasteiger partial charge is 0.354 e. The number of nitrogens with two attached hydrogens (primary N) is 1. The first kappa shape index (κ1) is 34.2. The van der Waals surface area contributed by atoms with Crippen LogP contribution >= 0.6 is 0 Å². The number of aromatic nitrogens is 2. The van der Waals surface area contributed by atoms with Crippen molar-refractivity contribution in [2.45, 2.75) is 69.1 Å². The molecule has 0 bridgehead atoms. The molecule has 3 aliphatic rings. The molecule has 1 aromatic heterocycles. The van der Waals surface area contributed by atoms with E-state index in [-0.39, 0.29) is 35.6 Å². The number of amides is 4. The van der Waals surface area contributed by atoms with Crippen LogP contribution in [0.2, 0.25) is 0 Å². The summed E-state index contributed by atoms with van der Waals surface area (Å²) in [5.74, 6) is 0.105. The predicted octanol–water partition coefficient (Wildman–Crippen LogP) is 4.36. The minimum atomic E-state index is -0.810. The van der Waals surface area contributed by atoms with Crippen LogP contribution in [-0.2, 0) is 25.6 Å². The van der Waals surface area contributed by atoms with Crippen molar-refractivity contribution in [3.63, 3.8) is 0 Å². The molecular weight excluding hydrogens is 642 g/mol. The Balaban J connectivity index is 0.928. The molecule has 0 radical (unpaired) electrons. The smallest absolute Gasteiger partial charge is 0.250 e. The molecule has 2 aliphatic heterocycles. The number of benzene rings is 3. The lowest BCUT2D eigenvalue weighted by Gasteiger charge is -2.29. The van der Waals surface area contributed by atoms with Crippen LogP contribution in [0.15, 0.2) is 91.1 Å². The van der Waals surface area contributed by atoms with Crippen molar-refractivity contribution in [2.24, 2.45) is 11.7 Å². The van der Waals surface area contributed by atoms with E-state index in [1.165, 1.54) is 0 Å². The molecule has 51 heavy (non-hydrogen) atoms. The highest BCUT2D eigenvalue weighted by Gasteiger charge is 2.40. The quantitative estimate of drug-likeness (QED) is 0.174. The summed E-state index contributed by atoms with van der Waals surface area (Å²) in [5, 5.41) is 6.00. The number of imidazole rings is 1. The first-order valence-electron chi connectivity index (χ1n) is 18.1. The fourth-order valence-corrected chi connectivity index (χ4v) is 7.26. The Morgan fingerprint density at radius 2 is 1.45 bits per heavy atom. The zero-order valence-corrected chi connectivity index (χ0v) is 28.7. The van der Waals surface area contributed by atoms with E-state index in [9.17, 15) is 19.2 Å². The Morgan fingerprint density at radius 1 is 0.784 bits per heavy atom. The van der Waals surface area contributed by atoms with Crippen LogP contribution in [-0.4, -0.2) is 69.1 Å². The third-order valence-corrected chi connectivity index (χ3v) is 10.3. The average molecular weight is 688 g/mol. The number of carbonyl (C=O) groups is 4. The third kappa shape index (κ3) is 7.73. The van der Waals surface area contributed by atoms with Gasteiger partial charge >= 0.3 is 0 Å². The summed E-state index contributed by atoms with van der Waals surface area (Å²) >= 11 is 0. The van der Waals surface area contributed by atoms with Gasteiger partial charge in [-0.2, -0.15) is 0 Å². The van der Waals surface area contributed by atoms with Gasteiger partial charge in [0.2, 0.25) is 23.6 Å². The van der Waals surface area contributed by atoms with Gasteiger partial charge in [0, 0.05) is 25.6 Å². The summed E-state index contributed by atoms with van der Waals surface area (Å²) in [6.45, 7) is 1.56. The molecule has 11 nitrogen and oxygen atoms in total. The lowest BCUT2D eigenvalue weighted by molar-refractivity contribution is -0.141. The number of rotatable bonds is 12. The molecule has 1 aliphatic carbocycles. The lowest BCUT2D eigenvalue weighted by Crippen LogP contribution is -2.50. The number of H-pyrrole nitrogens is 1. The van der Waals surface area contributed by atoms with E-state index in [4.69, 9.17) is 5.73 Å². The van der Waals surface area contributed by atoms with Crippen molar-refractivity contribution < 1.29 is 19.2 Å². The van der Waals surface area contributed by atoms with Crippen molar-refractivity contribution in [1.29, 1.82) is 0 Å². The molecule has 1 saturated carbocycles. The van der Waals surface area contributed by atoms with Crippen LogP contribution in [0.5, 0.6) is 0 Å². The van der Waals surface area contributed by atoms with Crippen LogP contribution < -0.4 is 16.4 Å². The Bertz CT molecular complexity index is 1840. The summed E-state index contributed by atoms with van der Waals surface area (Å²) < 4.78 is 0. The molecule has 4 aromatic rings. The molecule has 3 aromatic carbocycles. The first-order valence-corrected chi connectivity index (χ1v) is 18.1. The van der Waals surface area contributed by atoms with E-state index in [0.29, 0.717) is 32.5 Å². The lowest BCUT2D eigenvalue weighted by atomic mass is 10.0. The monoisotopic (exact) mass is 687 g/mol. The van der Waals surface area contributed by atoms with Gasteiger partial charge in [-0.1, -0.05) is 84.9 Å². The molecule has 2 saturated heterocycles. The molecule has 3 fully saturated rings. The highest BCUT2D eigenvalue weighted by atomic mass is 16.2. The highest BCUT2D eigenvalue weighted by molar-refractivity contribution is 5.94. The number of hydrogen-bond donors (Lipinski definition) is 4. The Labute approximate surface area is 298 Å². The van der Waals surface area contributed by atoms with Gasteiger partial charge in [0.25, 0.3) is 0 Å². The van der Waals surface area contributed by atoms with E-state index in [1.54, 1.807) is 11.1 Å². The minimum absolute atomic E-state index is 0.0298. The normalized spacial score (nSPS) is 19.8. The fourth-order valence-electron chi connectivity index (χ4n) is 7.26. The minimum Gasteiger partial charge on any atom is -0.354 e. The van der Waals surface area contributed by atoms with Gasteiger partial charge < -0.3 is 31.2 Å². The molecule has 4 atom stereocenters. The van der Waals surface area contributed by atoms with Crippen molar-refractivity contribution in [2.75, 3.05) is 19.6 Å². The van der Waals surface area contributed by atoms with E-state index in [2.05, 4.69) is 20.6 Å². The van der Waals surface area contributed by atoms with Gasteiger partial charge in [0.1, 0.15) is 23.9 Å². The van der Waals surface area contributed by atoms with Crippen LogP contribution in [0.1, 0.15) is 79.2 Å². The van der Waals surface area contributed by atoms with Crippen molar-refractivity contribution in [3.8, 4) is 11.3 Å². The molecule has 11 heteroatoms. The van der Waals surface area contributed by atoms with Crippen LogP contribution in [0, 0.1) is 5.92 Å². The third-order valence-electron chi connectivity index (χ3n) is 10.3. The van der Waals surface area contributed by atoms with Crippen molar-refractivity contribution in [3.05, 3.63) is 114 Å². The Hall–Kier alpha value is -5.29. The van der Waals surface area contributed by atoms with E-state index in [0.717, 1.165) is 65.9 Å². The van der Waals surface area contributed by atoms with Gasteiger partial charge in [0.15, 0.2) is 0 Å². The number of nitrogens with zero attached hydrogens (tertiary/aromatic N) is 3. The van der Waals surface area contributed by atoms with Crippen molar-refractivity contribution in [1.82, 2.24) is 30.4 Å². The second-order valence-electron chi connectivity index (χ2n) is 13.8. The zero-order chi connectivity index (χ0) is 35.3. The molecular formula is C40H45N7O4. The number of aromatic amines is 1. The SMILES string of the molecule is N[C@@H](C(=O)N1CCC[C@H]1c1ncc(-c2ccc(CCNC(=O)[C@@H]3CCCN3C(=O)[C@H](NC(=O)C3CC3)c3ccccc3)cc2)[nH]1)c1ccccc1. The van der Waals surface area contributed by atoms with Gasteiger partial charge in [0.05, 0.1) is 17.9 Å². The predicted molar refractivity (Wildman–Crippen MR) is 193 cm³/mol. The van der Waals surface area contributed by atoms with Crippen LogP contribution in [0.25, 0.3) is 11.3 Å². The molecule has 264 valence electrons. The first-order chi connectivity index (χ1) is 24.9. The topological polar surface area (TPSA) is 154 Å². The summed E-state index contributed by atoms with van der Waals surface area (Å²) in [6, 6.07) is 24.6. The zero-order valence-electron chi connectivity index (χ0n) is 28.7. The number of carbonyl (C=O) groups excluding carboxylic acids is 4. The summed E-state index contributed by atoms with van der Waals surface area (Å²) in [7, 11) is 0. The highest BCUT2D eigenvalue weighted by Crippen LogP contribution is 2.34. The second kappa shape index (κ2) is 15.3. The van der Waals surface area contributed by atoms with Gasteiger partial charge in [-0.05, 0) is 67.2 Å². The number of nitrogens with one attached hydrogen (secondary N) is 3. The van der Waals surface area contributed by atoms with Crippen LogP contribution in [0.4, 0.5) is 0 Å². The van der Waals surface area contributed by atoms with Gasteiger partial charge in [-0.3, -0.25) is 19.2 Å². The second-order valence-corrected chi connectivity index (χ2v) is 13.8. The Morgan fingerprint density at radius 3 is 2.16 bits per heavy atom. The average Bonchev–Trinajstić information content (AvgIpc) is 3.50. The molecule has 0 spiro atoms.